The number of carbonyl (C=O) groups is 3. The summed E-state index contributed by atoms with van der Waals surface area (Å²) in [5.74, 6) is -0.619. The van der Waals surface area contributed by atoms with Crippen molar-refractivity contribution in [3.8, 4) is 0 Å². The van der Waals surface area contributed by atoms with E-state index >= 15 is 0 Å². The highest BCUT2D eigenvalue weighted by Crippen LogP contribution is 2.28. The van der Waals surface area contributed by atoms with Gasteiger partial charge in [0.2, 0.25) is 0 Å². The summed E-state index contributed by atoms with van der Waals surface area (Å²) >= 11 is 0. The molecule has 40 heavy (non-hydrogen) atoms. The normalized spacial score (nSPS) is 14.7. The summed E-state index contributed by atoms with van der Waals surface area (Å²) in [4.78, 5) is 43.8. The van der Waals surface area contributed by atoms with Crippen molar-refractivity contribution in [1.82, 2.24) is 19.2 Å². The molecule has 11 nitrogen and oxygen atoms in total. The number of anilines is 2. The van der Waals surface area contributed by atoms with E-state index in [2.05, 4.69) is 27.3 Å². The second kappa shape index (κ2) is 11.7. The standard InChI is InChI=1S/C29H32N6O5/c1-4-40-29(38)35-24-19-34(28(37)25(39-3)20-8-6-5-7-9-20)18-23(24)26(31-35)30-27(36)21-10-12-22(13-11-21)33-16-14-32(2)15-17-33/h5-13,18-19,25H,4,14-17H2,1-3H3,(H,30,31,36)/t25-/m1/s1. The molecule has 11 heteroatoms. The monoisotopic (exact) mass is 544 g/mol. The summed E-state index contributed by atoms with van der Waals surface area (Å²) in [6.07, 6.45) is 1.43. The largest absolute Gasteiger partial charge is 0.448 e. The quantitative estimate of drug-likeness (QED) is 0.373. The van der Waals surface area contributed by atoms with E-state index in [1.54, 1.807) is 31.2 Å². The van der Waals surface area contributed by atoms with Crippen molar-refractivity contribution in [2.75, 3.05) is 57.2 Å². The molecule has 5 rings (SSSR count). The van der Waals surface area contributed by atoms with Crippen molar-refractivity contribution in [2.24, 2.45) is 0 Å². The number of piperazine rings is 1. The number of nitrogens with one attached hydrogen (secondary N) is 1. The van der Waals surface area contributed by atoms with Crippen LogP contribution in [0.4, 0.5) is 16.3 Å². The van der Waals surface area contributed by atoms with Crippen LogP contribution in [0.2, 0.25) is 0 Å². The second-order valence-electron chi connectivity index (χ2n) is 9.58. The number of fused-ring (bicyclic) bond motifs is 1. The summed E-state index contributed by atoms with van der Waals surface area (Å²) in [5, 5.41) is 7.50. The molecule has 0 unspecified atom stereocenters. The molecule has 2 aromatic heterocycles. The van der Waals surface area contributed by atoms with Crippen molar-refractivity contribution in [3.05, 3.63) is 78.1 Å². The van der Waals surface area contributed by atoms with Gasteiger partial charge in [0, 0.05) is 56.9 Å². The van der Waals surface area contributed by atoms with E-state index in [9.17, 15) is 14.4 Å². The number of rotatable bonds is 7. The molecule has 4 aromatic rings. The van der Waals surface area contributed by atoms with Crippen molar-refractivity contribution >= 4 is 40.3 Å². The third-order valence-corrected chi connectivity index (χ3v) is 6.98. The maximum atomic E-state index is 13.4. The number of amides is 1. The highest BCUT2D eigenvalue weighted by atomic mass is 16.6. The van der Waals surface area contributed by atoms with Crippen LogP contribution < -0.4 is 10.2 Å². The molecule has 208 valence electrons. The minimum absolute atomic E-state index is 0.136. The van der Waals surface area contributed by atoms with E-state index in [-0.39, 0.29) is 18.3 Å². The lowest BCUT2D eigenvalue weighted by atomic mass is 10.1. The van der Waals surface area contributed by atoms with Crippen molar-refractivity contribution in [3.63, 3.8) is 0 Å². The molecular formula is C29H32N6O5. The fourth-order valence-electron chi connectivity index (χ4n) is 4.76. The van der Waals surface area contributed by atoms with Crippen molar-refractivity contribution < 1.29 is 23.9 Å². The van der Waals surface area contributed by atoms with E-state index in [1.807, 2.05) is 30.3 Å². The first kappa shape index (κ1) is 27.1. The predicted molar refractivity (Wildman–Crippen MR) is 151 cm³/mol. The average molecular weight is 545 g/mol. The summed E-state index contributed by atoms with van der Waals surface area (Å²) in [7, 11) is 3.56. The van der Waals surface area contributed by atoms with Crippen LogP contribution in [0.1, 0.15) is 33.7 Å². The fraction of sp³-hybridized carbons (Fsp3) is 0.310. The zero-order valence-corrected chi connectivity index (χ0v) is 22.7. The molecular weight excluding hydrogens is 512 g/mol. The smallest absolute Gasteiger partial charge is 0.435 e. The molecule has 1 atom stereocenters. The molecule has 0 bridgehead atoms. The van der Waals surface area contributed by atoms with Gasteiger partial charge in [-0.15, -0.1) is 5.10 Å². The highest BCUT2D eigenvalue weighted by Gasteiger charge is 2.26. The molecule has 1 N–H and O–H groups in total. The molecule has 0 aliphatic carbocycles. The van der Waals surface area contributed by atoms with E-state index in [4.69, 9.17) is 9.47 Å². The molecule has 1 aliphatic rings. The lowest BCUT2D eigenvalue weighted by Crippen LogP contribution is -2.44. The lowest BCUT2D eigenvalue weighted by Gasteiger charge is -2.34. The van der Waals surface area contributed by atoms with Gasteiger partial charge < -0.3 is 24.6 Å². The van der Waals surface area contributed by atoms with Crippen molar-refractivity contribution in [2.45, 2.75) is 13.0 Å². The SMILES string of the molecule is CCOC(=O)n1nc(NC(=O)c2ccc(N3CCN(C)CC3)cc2)c2cn(C(=O)[C@H](OC)c3ccccc3)cc21. The zero-order chi connectivity index (χ0) is 28.2. The number of hydrogen-bond acceptors (Lipinski definition) is 8. The lowest BCUT2D eigenvalue weighted by molar-refractivity contribution is 0.0515. The molecule has 0 saturated carbocycles. The van der Waals surface area contributed by atoms with Crippen LogP contribution in [-0.4, -0.2) is 84.1 Å². The first-order valence-electron chi connectivity index (χ1n) is 13.1. The van der Waals surface area contributed by atoms with Crippen LogP contribution in [0, 0.1) is 0 Å². The van der Waals surface area contributed by atoms with E-state index < -0.39 is 18.1 Å². The molecule has 3 heterocycles. The van der Waals surface area contributed by atoms with Crippen LogP contribution in [0.25, 0.3) is 10.9 Å². The minimum Gasteiger partial charge on any atom is -0.448 e. The summed E-state index contributed by atoms with van der Waals surface area (Å²) < 4.78 is 13.0. The van der Waals surface area contributed by atoms with E-state index in [1.165, 1.54) is 24.1 Å². The van der Waals surface area contributed by atoms with Gasteiger partial charge in [-0.2, -0.15) is 4.68 Å². The molecule has 1 fully saturated rings. The van der Waals surface area contributed by atoms with Crippen LogP contribution >= 0.6 is 0 Å². The third-order valence-electron chi connectivity index (χ3n) is 6.98. The Kier molecular flexibility index (Phi) is 7.94. The Morgan fingerprint density at radius 3 is 2.33 bits per heavy atom. The topological polar surface area (TPSA) is 111 Å². The number of carbonyl (C=O) groups excluding carboxylic acids is 3. The number of aromatic nitrogens is 3. The van der Waals surface area contributed by atoms with Crippen LogP contribution in [-0.2, 0) is 9.47 Å². The number of hydrogen-bond donors (Lipinski definition) is 1. The zero-order valence-electron chi connectivity index (χ0n) is 22.7. The van der Waals surface area contributed by atoms with Gasteiger partial charge in [-0.05, 0) is 43.8 Å². The molecule has 0 spiro atoms. The molecule has 2 aromatic carbocycles. The third kappa shape index (κ3) is 5.47. The van der Waals surface area contributed by atoms with E-state index in [0.29, 0.717) is 22.0 Å². The highest BCUT2D eigenvalue weighted by molar-refractivity contribution is 6.09. The Labute approximate surface area is 231 Å². The Morgan fingerprint density at radius 1 is 0.975 bits per heavy atom. The molecule has 0 radical (unpaired) electrons. The first-order chi connectivity index (χ1) is 19.4. The maximum Gasteiger partial charge on any atom is 0.435 e. The van der Waals surface area contributed by atoms with Crippen LogP contribution in [0.15, 0.2) is 67.0 Å². The second-order valence-corrected chi connectivity index (χ2v) is 9.58. The number of nitrogens with zero attached hydrogens (tertiary/aromatic N) is 5. The maximum absolute atomic E-state index is 13.4. The molecule has 1 amide bonds. The molecule has 1 saturated heterocycles. The van der Waals surface area contributed by atoms with Gasteiger partial charge in [-0.1, -0.05) is 30.3 Å². The Morgan fingerprint density at radius 2 is 1.68 bits per heavy atom. The Hall–Kier alpha value is -4.48. The summed E-state index contributed by atoms with van der Waals surface area (Å²) in [6.45, 7) is 5.65. The van der Waals surface area contributed by atoms with Gasteiger partial charge in [0.25, 0.3) is 11.8 Å². The van der Waals surface area contributed by atoms with Gasteiger partial charge in [-0.25, -0.2) is 4.79 Å². The van der Waals surface area contributed by atoms with Gasteiger partial charge in [0.1, 0.15) is 5.52 Å². The van der Waals surface area contributed by atoms with Gasteiger partial charge in [-0.3, -0.25) is 14.2 Å². The van der Waals surface area contributed by atoms with E-state index in [0.717, 1.165) is 36.5 Å². The number of benzene rings is 2. The average Bonchev–Trinajstić information content (AvgIpc) is 3.55. The van der Waals surface area contributed by atoms with Gasteiger partial charge >= 0.3 is 6.09 Å². The number of ether oxygens (including phenoxy) is 2. The molecule has 1 aliphatic heterocycles. The van der Waals surface area contributed by atoms with Crippen LogP contribution in [0.3, 0.4) is 0 Å². The van der Waals surface area contributed by atoms with Gasteiger partial charge in [0.05, 0.1) is 12.0 Å². The predicted octanol–water partition coefficient (Wildman–Crippen LogP) is 3.87. The first-order valence-corrected chi connectivity index (χ1v) is 13.1. The number of methoxy groups -OCH3 is 1. The van der Waals surface area contributed by atoms with Crippen molar-refractivity contribution in [1.29, 1.82) is 0 Å². The summed E-state index contributed by atoms with van der Waals surface area (Å²) in [6, 6.07) is 16.5. The minimum atomic E-state index is -0.862. The van der Waals surface area contributed by atoms with Crippen LogP contribution in [0.5, 0.6) is 0 Å². The fourth-order valence-corrected chi connectivity index (χ4v) is 4.76. The Bertz CT molecular complexity index is 1500. The summed E-state index contributed by atoms with van der Waals surface area (Å²) in [5.41, 5.74) is 2.50. The Balaban J connectivity index is 1.42. The number of likely N-dealkylation sites (N-methyl/N-ethyl adjacent to an activating group) is 1. The van der Waals surface area contributed by atoms with Gasteiger partial charge in [0.15, 0.2) is 11.9 Å².